The van der Waals surface area contributed by atoms with Gasteiger partial charge < -0.3 is 10.1 Å². The van der Waals surface area contributed by atoms with Gasteiger partial charge in [0.15, 0.2) is 5.11 Å². The number of rotatable bonds is 6. The first-order valence-corrected chi connectivity index (χ1v) is 10.2. The van der Waals surface area contributed by atoms with Gasteiger partial charge in [0, 0.05) is 9.50 Å². The molecule has 1 amide bonds. The minimum absolute atomic E-state index is 0.123. The van der Waals surface area contributed by atoms with Gasteiger partial charge in [0.2, 0.25) is 0 Å². The lowest BCUT2D eigenvalue weighted by Crippen LogP contribution is -2.34. The van der Waals surface area contributed by atoms with Gasteiger partial charge in [0.25, 0.3) is 5.91 Å². The highest BCUT2D eigenvalue weighted by Gasteiger charge is 2.15. The molecule has 0 aliphatic carbocycles. The molecule has 2 N–H and O–H groups in total. The van der Waals surface area contributed by atoms with Crippen LogP contribution in [0.25, 0.3) is 0 Å². The standard InChI is InChI=1S/C19H19BrCl2N2O2S/c1-11(2)7-8-26-17-6-3-12(20)9-14(17)18(25)24-19(27)23-16-5-4-13(21)10-15(16)22/h3-6,9-11H,7-8H2,1-2H3,(H2,23,24,25,27). The monoisotopic (exact) mass is 488 g/mol. The summed E-state index contributed by atoms with van der Waals surface area (Å²) >= 11 is 20.6. The van der Waals surface area contributed by atoms with Crippen molar-refractivity contribution in [1.29, 1.82) is 0 Å². The molecule has 0 aromatic heterocycles. The second-order valence-electron chi connectivity index (χ2n) is 6.20. The Morgan fingerprint density at radius 1 is 1.22 bits per heavy atom. The number of hydrogen-bond acceptors (Lipinski definition) is 3. The number of amides is 1. The average Bonchev–Trinajstić information content (AvgIpc) is 2.58. The van der Waals surface area contributed by atoms with E-state index in [1.54, 1.807) is 30.3 Å². The van der Waals surface area contributed by atoms with Crippen LogP contribution >= 0.6 is 51.3 Å². The zero-order chi connectivity index (χ0) is 20.0. The minimum Gasteiger partial charge on any atom is -0.493 e. The van der Waals surface area contributed by atoms with E-state index in [2.05, 4.69) is 40.4 Å². The van der Waals surface area contributed by atoms with Crippen molar-refractivity contribution in [1.82, 2.24) is 5.32 Å². The van der Waals surface area contributed by atoms with Crippen LogP contribution in [-0.2, 0) is 0 Å². The van der Waals surface area contributed by atoms with Gasteiger partial charge in [-0.2, -0.15) is 0 Å². The summed E-state index contributed by atoms with van der Waals surface area (Å²) in [6.07, 6.45) is 0.895. The van der Waals surface area contributed by atoms with Crippen LogP contribution < -0.4 is 15.4 Å². The van der Waals surface area contributed by atoms with Crippen molar-refractivity contribution >= 4 is 68.1 Å². The topological polar surface area (TPSA) is 50.4 Å². The summed E-state index contributed by atoms with van der Waals surface area (Å²) in [6.45, 7) is 4.76. The van der Waals surface area contributed by atoms with Gasteiger partial charge in [0.1, 0.15) is 5.75 Å². The molecule has 144 valence electrons. The first-order valence-electron chi connectivity index (χ1n) is 8.26. The van der Waals surface area contributed by atoms with Gasteiger partial charge in [0.05, 0.1) is 22.9 Å². The van der Waals surface area contributed by atoms with Crippen molar-refractivity contribution in [3.8, 4) is 5.75 Å². The van der Waals surface area contributed by atoms with Crippen LogP contribution in [0.1, 0.15) is 30.6 Å². The van der Waals surface area contributed by atoms with Crippen LogP contribution in [0.3, 0.4) is 0 Å². The molecule has 2 aromatic carbocycles. The first-order chi connectivity index (χ1) is 12.8. The Hall–Kier alpha value is -1.34. The maximum Gasteiger partial charge on any atom is 0.261 e. The lowest BCUT2D eigenvalue weighted by Gasteiger charge is -2.14. The Kier molecular flexibility index (Phi) is 8.35. The zero-order valence-corrected chi connectivity index (χ0v) is 18.7. The number of thiocarbonyl (C=S) groups is 1. The molecule has 2 aromatic rings. The van der Waals surface area contributed by atoms with E-state index in [9.17, 15) is 4.79 Å². The summed E-state index contributed by atoms with van der Waals surface area (Å²) in [4.78, 5) is 12.7. The molecule has 0 spiro atoms. The van der Waals surface area contributed by atoms with Gasteiger partial charge in [-0.05, 0) is 61.0 Å². The third-order valence-electron chi connectivity index (χ3n) is 3.55. The molecule has 0 aliphatic rings. The second-order valence-corrected chi connectivity index (χ2v) is 8.37. The Labute approximate surface area is 182 Å². The molecule has 4 nitrogen and oxygen atoms in total. The Bertz CT molecular complexity index is 846. The van der Waals surface area contributed by atoms with Crippen LogP contribution in [0.2, 0.25) is 10.0 Å². The van der Waals surface area contributed by atoms with Crippen LogP contribution in [0.15, 0.2) is 40.9 Å². The highest BCUT2D eigenvalue weighted by molar-refractivity contribution is 9.10. The van der Waals surface area contributed by atoms with Gasteiger partial charge in [-0.1, -0.05) is 53.0 Å². The van der Waals surface area contributed by atoms with Gasteiger partial charge in [-0.25, -0.2) is 0 Å². The van der Waals surface area contributed by atoms with E-state index in [1.165, 1.54) is 0 Å². The molecule has 0 radical (unpaired) electrons. The summed E-state index contributed by atoms with van der Waals surface area (Å²) in [5, 5.41) is 6.57. The summed E-state index contributed by atoms with van der Waals surface area (Å²) in [7, 11) is 0. The average molecular weight is 490 g/mol. The summed E-state index contributed by atoms with van der Waals surface area (Å²) in [5.41, 5.74) is 0.938. The molecule has 0 saturated heterocycles. The maximum atomic E-state index is 12.7. The number of benzene rings is 2. The number of anilines is 1. The molecular formula is C19H19BrCl2N2O2S. The van der Waals surface area contributed by atoms with Crippen LogP contribution in [0.5, 0.6) is 5.75 Å². The minimum atomic E-state index is -0.376. The lowest BCUT2D eigenvalue weighted by atomic mass is 10.1. The Morgan fingerprint density at radius 3 is 2.63 bits per heavy atom. The number of hydrogen-bond donors (Lipinski definition) is 2. The van der Waals surface area contributed by atoms with Crippen molar-refractivity contribution in [3.63, 3.8) is 0 Å². The third kappa shape index (κ3) is 6.96. The summed E-state index contributed by atoms with van der Waals surface area (Å²) < 4.78 is 6.54. The molecule has 0 atom stereocenters. The molecule has 2 rings (SSSR count). The molecule has 0 saturated carbocycles. The van der Waals surface area contributed by atoms with E-state index in [-0.39, 0.29) is 11.0 Å². The largest absolute Gasteiger partial charge is 0.493 e. The lowest BCUT2D eigenvalue weighted by molar-refractivity contribution is 0.0973. The number of ether oxygens (including phenoxy) is 1. The summed E-state index contributed by atoms with van der Waals surface area (Å²) in [6, 6.07) is 10.2. The van der Waals surface area contributed by atoms with Crippen molar-refractivity contribution in [3.05, 3.63) is 56.5 Å². The van der Waals surface area contributed by atoms with E-state index in [4.69, 9.17) is 40.2 Å². The van der Waals surface area contributed by atoms with Crippen molar-refractivity contribution in [2.24, 2.45) is 5.92 Å². The van der Waals surface area contributed by atoms with Crippen molar-refractivity contribution in [2.45, 2.75) is 20.3 Å². The summed E-state index contributed by atoms with van der Waals surface area (Å²) in [5.74, 6) is 0.640. The van der Waals surface area contributed by atoms with Gasteiger partial charge in [-0.15, -0.1) is 0 Å². The van der Waals surface area contributed by atoms with E-state index in [0.29, 0.717) is 39.6 Å². The SMILES string of the molecule is CC(C)CCOc1ccc(Br)cc1C(=O)NC(=S)Nc1ccc(Cl)cc1Cl. The molecule has 0 heterocycles. The van der Waals surface area contributed by atoms with Crippen molar-refractivity contribution < 1.29 is 9.53 Å². The number of carbonyl (C=O) groups excluding carboxylic acids is 1. The van der Waals surface area contributed by atoms with E-state index < -0.39 is 0 Å². The maximum absolute atomic E-state index is 12.7. The molecule has 0 fully saturated rings. The zero-order valence-electron chi connectivity index (χ0n) is 14.8. The smallest absolute Gasteiger partial charge is 0.261 e. The van der Waals surface area contributed by atoms with Gasteiger partial charge in [-0.3, -0.25) is 10.1 Å². The van der Waals surface area contributed by atoms with Gasteiger partial charge >= 0.3 is 0 Å². The Morgan fingerprint density at radius 2 is 1.96 bits per heavy atom. The first kappa shape index (κ1) is 22.0. The van der Waals surface area contributed by atoms with E-state index in [0.717, 1.165) is 10.9 Å². The quantitative estimate of drug-likeness (QED) is 0.467. The molecular weight excluding hydrogens is 471 g/mol. The fourth-order valence-corrected chi connectivity index (χ4v) is 3.14. The van der Waals surface area contributed by atoms with Crippen molar-refractivity contribution in [2.75, 3.05) is 11.9 Å². The molecule has 27 heavy (non-hydrogen) atoms. The van der Waals surface area contributed by atoms with E-state index in [1.807, 2.05) is 6.07 Å². The molecule has 0 bridgehead atoms. The third-order valence-corrected chi connectivity index (χ3v) is 4.79. The van der Waals surface area contributed by atoms with Crippen LogP contribution in [-0.4, -0.2) is 17.6 Å². The van der Waals surface area contributed by atoms with Crippen LogP contribution in [0.4, 0.5) is 5.69 Å². The second kappa shape index (κ2) is 10.3. The highest BCUT2D eigenvalue weighted by atomic mass is 79.9. The van der Waals surface area contributed by atoms with Crippen LogP contribution in [0, 0.1) is 5.92 Å². The Balaban J connectivity index is 2.07. The number of halogens is 3. The van der Waals surface area contributed by atoms with E-state index >= 15 is 0 Å². The normalized spacial score (nSPS) is 10.6. The fraction of sp³-hybridized carbons (Fsp3) is 0.263. The molecule has 0 unspecified atom stereocenters. The molecule has 8 heteroatoms. The predicted octanol–water partition coefficient (Wildman–Crippen LogP) is 6.31. The fourth-order valence-electron chi connectivity index (χ4n) is 2.12. The highest BCUT2D eigenvalue weighted by Crippen LogP contribution is 2.26. The number of nitrogens with one attached hydrogen (secondary N) is 2. The molecule has 0 aliphatic heterocycles. The number of carbonyl (C=O) groups is 1. The predicted molar refractivity (Wildman–Crippen MR) is 119 cm³/mol.